The number of ether oxygens (including phenoxy) is 4. The van der Waals surface area contributed by atoms with Crippen LogP contribution in [-0.4, -0.2) is 46.9 Å². The summed E-state index contributed by atoms with van der Waals surface area (Å²) >= 11 is 17.3. The maximum absolute atomic E-state index is 9.29. The van der Waals surface area contributed by atoms with Gasteiger partial charge >= 0.3 is 0 Å². The minimum absolute atomic E-state index is 0.136. The number of alkyl halides is 3. The predicted octanol–water partition coefficient (Wildman–Crippen LogP) is 6.24. The number of nitrogens with zero attached hydrogens (tertiary/aromatic N) is 6. The van der Waals surface area contributed by atoms with Crippen LogP contribution >= 0.6 is 34.8 Å². The van der Waals surface area contributed by atoms with Crippen molar-refractivity contribution in [1.82, 2.24) is 0 Å². The molecule has 1 N–H and O–H groups in total. The van der Waals surface area contributed by atoms with E-state index in [0.717, 1.165) is 11.1 Å². The van der Waals surface area contributed by atoms with Crippen molar-refractivity contribution in [2.75, 3.05) is 6.54 Å². The molecule has 1 aliphatic rings. The summed E-state index contributed by atoms with van der Waals surface area (Å²) in [6.07, 6.45) is -4.08. The first-order chi connectivity index (χ1) is 17.3. The number of halogens is 3. The van der Waals surface area contributed by atoms with Crippen LogP contribution in [0.15, 0.2) is 70.9 Å². The van der Waals surface area contributed by atoms with Crippen molar-refractivity contribution in [3.63, 3.8) is 0 Å². The van der Waals surface area contributed by atoms with Crippen LogP contribution < -0.4 is 0 Å². The van der Waals surface area contributed by atoms with Gasteiger partial charge in [0.1, 0.15) is 18.2 Å². The van der Waals surface area contributed by atoms with Crippen LogP contribution in [0.25, 0.3) is 20.9 Å². The van der Waals surface area contributed by atoms with Crippen molar-refractivity contribution < 1.29 is 18.9 Å². The molecule has 11 nitrogen and oxygen atoms in total. The fourth-order valence-electron chi connectivity index (χ4n) is 3.54. The lowest BCUT2D eigenvalue weighted by atomic mass is 9.96. The van der Waals surface area contributed by atoms with Crippen molar-refractivity contribution >= 4 is 40.7 Å². The Hall–Kier alpha value is -2.72. The van der Waals surface area contributed by atoms with E-state index in [2.05, 4.69) is 20.1 Å². The lowest BCUT2D eigenvalue weighted by Gasteiger charge is -2.44. The zero-order valence-electron chi connectivity index (χ0n) is 18.7. The zero-order valence-corrected chi connectivity index (χ0v) is 21.0. The second-order valence-electron chi connectivity index (χ2n) is 7.62. The SMILES string of the molecule is [N-]=[N+]=NC[C@H]1OC(OC(=N)C(Cl)(Cl)Cl)[C@H](N=[N+]=[N-])[C@@H](OCc2ccccc2)[C@@H]1OCc1ccccc1. The number of rotatable bonds is 10. The summed E-state index contributed by atoms with van der Waals surface area (Å²) in [5.74, 6) is -0.747. The summed E-state index contributed by atoms with van der Waals surface area (Å²) in [5.41, 5.74) is 19.9. The van der Waals surface area contributed by atoms with E-state index >= 15 is 0 Å². The molecule has 2 aromatic rings. The fraction of sp³-hybridized carbons (Fsp3) is 0.409. The Bertz CT molecular complexity index is 1090. The highest BCUT2D eigenvalue weighted by atomic mass is 35.6. The molecular formula is C22H22Cl3N7O4. The van der Waals surface area contributed by atoms with Crippen LogP contribution in [0.3, 0.4) is 0 Å². The number of hydrogen-bond donors (Lipinski definition) is 1. The third kappa shape index (κ3) is 7.89. The van der Waals surface area contributed by atoms with E-state index in [-0.39, 0.29) is 19.8 Å². The van der Waals surface area contributed by atoms with Gasteiger partial charge in [0.25, 0.3) is 3.79 Å². The smallest absolute Gasteiger partial charge is 0.265 e. The topological polar surface area (TPSA) is 158 Å². The Morgan fingerprint density at radius 2 is 1.47 bits per heavy atom. The highest BCUT2D eigenvalue weighted by Gasteiger charge is 2.49. The van der Waals surface area contributed by atoms with Crippen LogP contribution in [0.1, 0.15) is 11.1 Å². The van der Waals surface area contributed by atoms with Gasteiger partial charge in [-0.05, 0) is 22.2 Å². The normalized spacial score (nSPS) is 23.7. The van der Waals surface area contributed by atoms with Crippen LogP contribution in [0.5, 0.6) is 0 Å². The molecule has 0 saturated carbocycles. The molecule has 1 unspecified atom stereocenters. The summed E-state index contributed by atoms with van der Waals surface area (Å²) in [4.78, 5) is 5.70. The van der Waals surface area contributed by atoms with E-state index in [1.807, 2.05) is 60.7 Å². The van der Waals surface area contributed by atoms with Crippen molar-refractivity contribution in [1.29, 1.82) is 5.41 Å². The third-order valence-electron chi connectivity index (χ3n) is 5.19. The maximum atomic E-state index is 9.29. The minimum atomic E-state index is -2.19. The number of benzene rings is 2. The van der Waals surface area contributed by atoms with E-state index in [1.54, 1.807) is 0 Å². The molecule has 190 valence electrons. The van der Waals surface area contributed by atoms with E-state index in [0.29, 0.717) is 0 Å². The Morgan fingerprint density at radius 3 is 1.97 bits per heavy atom. The summed E-state index contributed by atoms with van der Waals surface area (Å²) in [6.45, 7) is 0.146. The highest BCUT2D eigenvalue weighted by molar-refractivity contribution is 6.76. The van der Waals surface area contributed by atoms with E-state index in [9.17, 15) is 5.53 Å². The van der Waals surface area contributed by atoms with Gasteiger partial charge in [-0.15, -0.1) is 0 Å². The Balaban J connectivity index is 1.95. The second kappa shape index (κ2) is 13.5. The first kappa shape index (κ1) is 27.9. The van der Waals surface area contributed by atoms with Gasteiger partial charge < -0.3 is 18.9 Å². The predicted molar refractivity (Wildman–Crippen MR) is 135 cm³/mol. The van der Waals surface area contributed by atoms with E-state index < -0.39 is 40.3 Å². The summed E-state index contributed by atoms with van der Waals surface area (Å²) in [5, 5.41) is 15.4. The maximum Gasteiger partial charge on any atom is 0.265 e. The molecule has 14 heteroatoms. The first-order valence-electron chi connectivity index (χ1n) is 10.7. The van der Waals surface area contributed by atoms with Crippen molar-refractivity contribution in [2.45, 2.75) is 47.7 Å². The second-order valence-corrected chi connectivity index (χ2v) is 9.90. The van der Waals surface area contributed by atoms with Gasteiger partial charge in [-0.25, -0.2) is 0 Å². The van der Waals surface area contributed by atoms with Gasteiger partial charge in [0.15, 0.2) is 0 Å². The van der Waals surface area contributed by atoms with E-state index in [4.69, 9.17) is 64.7 Å². The van der Waals surface area contributed by atoms with E-state index in [1.165, 1.54) is 0 Å². The third-order valence-corrected chi connectivity index (χ3v) is 5.70. The average Bonchev–Trinajstić information content (AvgIpc) is 2.87. The standard InChI is InChI=1S/C22H22Cl3N7O4/c23-22(24,25)21(26)36-20-17(30-32-28)19(34-13-15-9-5-2-6-10-15)18(16(35-20)11-29-31-27)33-12-14-7-3-1-4-8-14/h1-10,16-20,26H,11-13H2/t16-,17-,18-,19-,20?/m1/s1. The Kier molecular flexibility index (Phi) is 10.5. The van der Waals surface area contributed by atoms with Gasteiger partial charge in [0, 0.05) is 9.82 Å². The van der Waals surface area contributed by atoms with Gasteiger partial charge in [-0.3, -0.25) is 5.41 Å². The molecule has 0 bridgehead atoms. The molecule has 36 heavy (non-hydrogen) atoms. The van der Waals surface area contributed by atoms with Crippen LogP contribution in [0.4, 0.5) is 0 Å². The molecule has 1 saturated heterocycles. The van der Waals surface area contributed by atoms with Gasteiger partial charge in [0.05, 0.1) is 25.9 Å². The molecule has 3 rings (SSSR count). The summed E-state index contributed by atoms with van der Waals surface area (Å²) < 4.78 is 21.6. The Labute approximate surface area is 221 Å². The number of azide groups is 2. The number of nitrogens with one attached hydrogen (secondary N) is 1. The van der Waals surface area contributed by atoms with Crippen molar-refractivity contribution in [3.05, 3.63) is 92.7 Å². The average molecular weight is 555 g/mol. The molecule has 0 aliphatic carbocycles. The Morgan fingerprint density at radius 1 is 0.917 bits per heavy atom. The molecule has 1 heterocycles. The molecule has 2 aromatic carbocycles. The molecule has 1 aliphatic heterocycles. The lowest BCUT2D eigenvalue weighted by Crippen LogP contribution is -2.60. The zero-order chi connectivity index (χ0) is 26.0. The van der Waals surface area contributed by atoms with Crippen LogP contribution in [-0.2, 0) is 32.2 Å². The fourth-order valence-corrected chi connectivity index (χ4v) is 3.68. The highest BCUT2D eigenvalue weighted by Crippen LogP contribution is 2.34. The van der Waals surface area contributed by atoms with Crippen molar-refractivity contribution in [3.8, 4) is 0 Å². The molecule has 0 amide bonds. The molecule has 0 radical (unpaired) electrons. The van der Waals surface area contributed by atoms with Gasteiger partial charge in [-0.2, -0.15) is 0 Å². The quantitative estimate of drug-likeness (QED) is 0.0920. The van der Waals surface area contributed by atoms with Gasteiger partial charge in [0.2, 0.25) is 12.2 Å². The van der Waals surface area contributed by atoms with Crippen LogP contribution in [0.2, 0.25) is 0 Å². The first-order valence-corrected chi connectivity index (χ1v) is 11.8. The molecule has 0 spiro atoms. The van der Waals surface area contributed by atoms with Crippen LogP contribution in [0, 0.1) is 5.41 Å². The van der Waals surface area contributed by atoms with Crippen molar-refractivity contribution in [2.24, 2.45) is 10.2 Å². The summed E-state index contributed by atoms with van der Waals surface area (Å²) in [7, 11) is 0. The minimum Gasteiger partial charge on any atom is -0.448 e. The monoisotopic (exact) mass is 553 g/mol. The molecule has 5 atom stereocenters. The summed E-state index contributed by atoms with van der Waals surface area (Å²) in [6, 6.07) is 17.5. The molecule has 0 aromatic heterocycles. The largest absolute Gasteiger partial charge is 0.448 e. The molecular weight excluding hydrogens is 533 g/mol. The lowest BCUT2D eigenvalue weighted by molar-refractivity contribution is -0.257. The molecule has 1 fully saturated rings. The number of hydrogen-bond acceptors (Lipinski definition) is 7. The van der Waals surface area contributed by atoms with Gasteiger partial charge in [-0.1, -0.05) is 106 Å².